The molecular formula is C19H19BrFN3O3. The maximum absolute atomic E-state index is 15.1. The van der Waals surface area contributed by atoms with E-state index >= 15 is 4.39 Å². The van der Waals surface area contributed by atoms with E-state index in [1.807, 2.05) is 9.47 Å². The summed E-state index contributed by atoms with van der Waals surface area (Å²) in [4.78, 5) is 26.1. The zero-order chi connectivity index (χ0) is 19.1. The van der Waals surface area contributed by atoms with Crippen molar-refractivity contribution < 1.29 is 14.3 Å². The van der Waals surface area contributed by atoms with E-state index in [-0.39, 0.29) is 22.5 Å². The molecule has 2 heterocycles. The van der Waals surface area contributed by atoms with Crippen molar-refractivity contribution in [1.82, 2.24) is 4.57 Å². The molecule has 1 aromatic heterocycles. The third-order valence-electron chi connectivity index (χ3n) is 6.37. The van der Waals surface area contributed by atoms with Gasteiger partial charge in [0.05, 0.1) is 21.1 Å². The summed E-state index contributed by atoms with van der Waals surface area (Å²) >= 11 is 3.53. The average Bonchev–Trinajstić information content (AvgIpc) is 3.40. The minimum Gasteiger partial charge on any atom is -0.477 e. The van der Waals surface area contributed by atoms with Gasteiger partial charge in [-0.15, -0.1) is 0 Å². The highest BCUT2D eigenvalue weighted by atomic mass is 79.9. The number of carbonyl (C=O) groups is 1. The maximum Gasteiger partial charge on any atom is 0.341 e. The molecule has 1 aromatic carbocycles. The van der Waals surface area contributed by atoms with Gasteiger partial charge in [0.15, 0.2) is 0 Å². The third-order valence-corrected chi connectivity index (χ3v) is 7.12. The molecule has 0 amide bonds. The average molecular weight is 436 g/mol. The molecule has 3 aliphatic rings. The SMILES string of the molecule is NC12CCC1CN(c1c(F)cc3c(=O)c(C(=O)O)cn(C4CC4)c3c1Br)C2. The largest absolute Gasteiger partial charge is 0.477 e. The van der Waals surface area contributed by atoms with Gasteiger partial charge >= 0.3 is 5.97 Å². The quantitative estimate of drug-likeness (QED) is 0.773. The van der Waals surface area contributed by atoms with Crippen LogP contribution in [-0.2, 0) is 0 Å². The Kier molecular flexibility index (Phi) is 3.53. The first kappa shape index (κ1) is 17.2. The fourth-order valence-electron chi connectivity index (χ4n) is 4.57. The molecule has 2 saturated carbocycles. The summed E-state index contributed by atoms with van der Waals surface area (Å²) in [5.41, 5.74) is 6.15. The molecular weight excluding hydrogens is 417 g/mol. The van der Waals surface area contributed by atoms with Crippen molar-refractivity contribution in [1.29, 1.82) is 0 Å². The molecule has 0 spiro atoms. The minimum atomic E-state index is -1.29. The Morgan fingerprint density at radius 2 is 2.11 bits per heavy atom. The number of hydrogen-bond acceptors (Lipinski definition) is 4. The van der Waals surface area contributed by atoms with Crippen LogP contribution in [0.25, 0.3) is 10.9 Å². The Bertz CT molecular complexity index is 1060. The van der Waals surface area contributed by atoms with E-state index in [9.17, 15) is 14.7 Å². The second kappa shape index (κ2) is 5.54. The van der Waals surface area contributed by atoms with Gasteiger partial charge in [0.1, 0.15) is 11.4 Å². The van der Waals surface area contributed by atoms with Crippen molar-refractivity contribution in [2.24, 2.45) is 11.7 Å². The highest BCUT2D eigenvalue weighted by Gasteiger charge is 2.51. The number of pyridine rings is 1. The first-order valence-electron chi connectivity index (χ1n) is 9.14. The van der Waals surface area contributed by atoms with Gasteiger partial charge in [-0.1, -0.05) is 0 Å². The topological polar surface area (TPSA) is 88.6 Å². The fourth-order valence-corrected chi connectivity index (χ4v) is 5.43. The molecule has 2 unspecified atom stereocenters. The van der Waals surface area contributed by atoms with Gasteiger partial charge in [-0.25, -0.2) is 9.18 Å². The molecule has 27 heavy (non-hydrogen) atoms. The highest BCUT2D eigenvalue weighted by molar-refractivity contribution is 9.10. The van der Waals surface area contributed by atoms with Crippen LogP contribution in [0.2, 0.25) is 0 Å². The van der Waals surface area contributed by atoms with Gasteiger partial charge in [0.2, 0.25) is 5.43 Å². The van der Waals surface area contributed by atoms with E-state index < -0.39 is 17.2 Å². The number of aromatic nitrogens is 1. The van der Waals surface area contributed by atoms with Gasteiger partial charge in [-0.2, -0.15) is 0 Å². The molecule has 2 aromatic rings. The molecule has 3 fully saturated rings. The summed E-state index contributed by atoms with van der Waals surface area (Å²) in [6.45, 7) is 1.28. The molecule has 2 aliphatic carbocycles. The molecule has 0 bridgehead atoms. The summed E-state index contributed by atoms with van der Waals surface area (Å²) in [7, 11) is 0. The number of rotatable bonds is 3. The standard InChI is InChI=1S/C19H19BrFN3O3/c20-14-15-11(17(25)12(18(26)27)7-24(15)10-1-2-10)5-13(21)16(14)23-6-9-3-4-19(9,22)8-23/h5,7,9-10H,1-4,6,8,22H2,(H,26,27). The van der Waals surface area contributed by atoms with Crippen LogP contribution in [0.15, 0.2) is 21.5 Å². The van der Waals surface area contributed by atoms with Crippen molar-refractivity contribution in [3.63, 3.8) is 0 Å². The minimum absolute atomic E-state index is 0.0968. The summed E-state index contributed by atoms with van der Waals surface area (Å²) < 4.78 is 17.4. The number of anilines is 1. The Morgan fingerprint density at radius 3 is 2.63 bits per heavy atom. The number of nitrogens with zero attached hydrogens (tertiary/aromatic N) is 2. The molecule has 142 valence electrons. The number of carboxylic acids is 1. The van der Waals surface area contributed by atoms with Crippen LogP contribution >= 0.6 is 15.9 Å². The van der Waals surface area contributed by atoms with Crippen molar-refractivity contribution in [3.05, 3.63) is 38.3 Å². The predicted molar refractivity (Wildman–Crippen MR) is 103 cm³/mol. The van der Waals surface area contributed by atoms with Crippen molar-refractivity contribution in [2.45, 2.75) is 37.3 Å². The molecule has 2 atom stereocenters. The lowest BCUT2D eigenvalue weighted by Gasteiger charge is -2.40. The van der Waals surface area contributed by atoms with E-state index in [0.717, 1.165) is 25.7 Å². The molecule has 6 nitrogen and oxygen atoms in total. The molecule has 3 N–H and O–H groups in total. The third kappa shape index (κ3) is 2.39. The fraction of sp³-hybridized carbons (Fsp3) is 0.474. The second-order valence-corrected chi connectivity index (χ2v) is 8.87. The number of fused-ring (bicyclic) bond motifs is 2. The van der Waals surface area contributed by atoms with Crippen LogP contribution < -0.4 is 16.1 Å². The van der Waals surface area contributed by atoms with Crippen LogP contribution in [-0.4, -0.2) is 34.3 Å². The van der Waals surface area contributed by atoms with E-state index in [1.54, 1.807) is 0 Å². The Labute approximate surface area is 162 Å². The lowest BCUT2D eigenvalue weighted by atomic mass is 9.70. The smallest absolute Gasteiger partial charge is 0.341 e. The molecule has 5 rings (SSSR count). The van der Waals surface area contributed by atoms with Crippen molar-refractivity contribution in [2.75, 3.05) is 18.0 Å². The number of nitrogens with two attached hydrogens (primary N) is 1. The zero-order valence-electron chi connectivity index (χ0n) is 14.5. The Balaban J connectivity index is 1.75. The van der Waals surface area contributed by atoms with E-state index in [4.69, 9.17) is 5.73 Å². The zero-order valence-corrected chi connectivity index (χ0v) is 16.1. The lowest BCUT2D eigenvalue weighted by molar-refractivity contribution is 0.0695. The summed E-state index contributed by atoms with van der Waals surface area (Å²) in [5.74, 6) is -1.46. The number of hydrogen-bond donors (Lipinski definition) is 2. The van der Waals surface area contributed by atoms with Crippen LogP contribution in [0.1, 0.15) is 42.1 Å². The number of aromatic carboxylic acids is 1. The predicted octanol–water partition coefficient (Wildman–Crippen LogP) is 2.86. The van der Waals surface area contributed by atoms with E-state index in [2.05, 4.69) is 15.9 Å². The normalized spacial score (nSPS) is 26.9. The van der Waals surface area contributed by atoms with Gasteiger partial charge in [-0.3, -0.25) is 4.79 Å². The summed E-state index contributed by atoms with van der Waals surface area (Å²) in [6, 6.07) is 1.32. The van der Waals surface area contributed by atoms with Crippen LogP contribution in [0.4, 0.5) is 10.1 Å². The van der Waals surface area contributed by atoms with Crippen LogP contribution in [0.3, 0.4) is 0 Å². The highest BCUT2D eigenvalue weighted by Crippen LogP contribution is 2.47. The molecule has 8 heteroatoms. The van der Waals surface area contributed by atoms with Crippen LogP contribution in [0, 0.1) is 11.7 Å². The van der Waals surface area contributed by atoms with Crippen LogP contribution in [0.5, 0.6) is 0 Å². The monoisotopic (exact) mass is 435 g/mol. The number of benzene rings is 1. The maximum atomic E-state index is 15.1. The first-order chi connectivity index (χ1) is 12.8. The molecule has 0 radical (unpaired) electrons. The Morgan fingerprint density at radius 1 is 1.37 bits per heavy atom. The summed E-state index contributed by atoms with van der Waals surface area (Å²) in [6.07, 6.45) is 5.21. The van der Waals surface area contributed by atoms with Gasteiger partial charge < -0.3 is 20.3 Å². The number of carboxylic acid groups (broad SMARTS) is 1. The second-order valence-electron chi connectivity index (χ2n) is 8.08. The van der Waals surface area contributed by atoms with Gasteiger partial charge in [-0.05, 0) is 53.6 Å². The molecule has 1 saturated heterocycles. The summed E-state index contributed by atoms with van der Waals surface area (Å²) in [5, 5.41) is 9.47. The Hall–Kier alpha value is -1.93. The molecule has 1 aliphatic heterocycles. The van der Waals surface area contributed by atoms with Crippen molar-refractivity contribution in [3.8, 4) is 0 Å². The van der Waals surface area contributed by atoms with Gasteiger partial charge in [0, 0.05) is 30.9 Å². The number of halogens is 2. The first-order valence-corrected chi connectivity index (χ1v) is 9.93. The van der Waals surface area contributed by atoms with E-state index in [1.165, 1.54) is 12.3 Å². The van der Waals surface area contributed by atoms with Gasteiger partial charge in [0.25, 0.3) is 0 Å². The lowest BCUT2D eigenvalue weighted by Crippen LogP contribution is -2.54. The van der Waals surface area contributed by atoms with E-state index in [0.29, 0.717) is 34.7 Å². The van der Waals surface area contributed by atoms with Crippen molar-refractivity contribution >= 4 is 38.5 Å².